The van der Waals surface area contributed by atoms with Crippen molar-refractivity contribution in [1.82, 2.24) is 0 Å². The van der Waals surface area contributed by atoms with Gasteiger partial charge in [0.1, 0.15) is 23.3 Å². The quantitative estimate of drug-likeness (QED) is 0.602. The van der Waals surface area contributed by atoms with Gasteiger partial charge in [-0.1, -0.05) is 18.2 Å². The molecule has 0 bridgehead atoms. The lowest BCUT2D eigenvalue weighted by Crippen LogP contribution is -2.41. The van der Waals surface area contributed by atoms with Crippen molar-refractivity contribution in [3.63, 3.8) is 0 Å². The zero-order valence-electron chi connectivity index (χ0n) is 14.7. The Morgan fingerprint density at radius 2 is 1.82 bits per heavy atom. The van der Waals surface area contributed by atoms with Crippen molar-refractivity contribution in [2.45, 2.75) is 19.1 Å². The predicted molar refractivity (Wildman–Crippen MR) is 94.3 cm³/mol. The van der Waals surface area contributed by atoms with Crippen LogP contribution in [0, 0.1) is 17.6 Å². The van der Waals surface area contributed by atoms with Crippen LogP contribution in [0.4, 0.5) is 14.5 Å². The van der Waals surface area contributed by atoms with Gasteiger partial charge in [-0.3, -0.25) is 14.5 Å². The molecule has 2 aliphatic rings. The first-order chi connectivity index (χ1) is 13.3. The van der Waals surface area contributed by atoms with Crippen molar-refractivity contribution >= 4 is 29.2 Å². The molecule has 0 N–H and O–H groups in total. The number of ether oxygens (including phenoxy) is 1. The van der Waals surface area contributed by atoms with Crippen molar-refractivity contribution in [1.29, 1.82) is 0 Å². The molecule has 8 heteroatoms. The molecule has 2 aromatic carbocycles. The van der Waals surface area contributed by atoms with Gasteiger partial charge in [-0.2, -0.15) is 0 Å². The first kappa shape index (κ1) is 18.0. The van der Waals surface area contributed by atoms with Gasteiger partial charge in [0, 0.05) is 12.5 Å². The van der Waals surface area contributed by atoms with Crippen LogP contribution in [0.25, 0.3) is 0 Å². The fraction of sp³-hybridized carbons (Fsp3) is 0.200. The molecule has 2 aromatic rings. The first-order valence-electron chi connectivity index (χ1n) is 8.50. The van der Waals surface area contributed by atoms with Gasteiger partial charge in [0.05, 0.1) is 11.3 Å². The van der Waals surface area contributed by atoms with E-state index in [9.17, 15) is 23.2 Å². The Hall–Kier alpha value is -3.42. The van der Waals surface area contributed by atoms with Crippen molar-refractivity contribution in [2.24, 2.45) is 10.9 Å². The van der Waals surface area contributed by atoms with E-state index in [1.807, 2.05) is 0 Å². The first-order valence-corrected chi connectivity index (χ1v) is 8.50. The van der Waals surface area contributed by atoms with E-state index in [-0.39, 0.29) is 17.7 Å². The van der Waals surface area contributed by atoms with Crippen LogP contribution in [-0.2, 0) is 24.8 Å². The summed E-state index contributed by atoms with van der Waals surface area (Å²) in [5, 5.41) is 0. The second kappa shape index (κ2) is 6.33. The van der Waals surface area contributed by atoms with Gasteiger partial charge in [-0.15, -0.1) is 0 Å². The van der Waals surface area contributed by atoms with Crippen LogP contribution in [-0.4, -0.2) is 23.5 Å². The fourth-order valence-corrected chi connectivity index (χ4v) is 3.55. The van der Waals surface area contributed by atoms with E-state index in [1.54, 1.807) is 30.3 Å². The molecule has 1 fully saturated rings. The van der Waals surface area contributed by atoms with Crippen molar-refractivity contribution in [2.75, 3.05) is 4.90 Å². The third kappa shape index (κ3) is 2.60. The van der Waals surface area contributed by atoms with Gasteiger partial charge in [0.15, 0.2) is 0 Å². The number of nitrogens with zero attached hydrogens (tertiary/aromatic N) is 2. The number of rotatable bonds is 3. The van der Waals surface area contributed by atoms with Crippen LogP contribution < -0.4 is 4.90 Å². The van der Waals surface area contributed by atoms with E-state index in [4.69, 9.17) is 4.74 Å². The topological polar surface area (TPSA) is 76.0 Å². The largest absolute Gasteiger partial charge is 0.427 e. The number of aliphatic imine (C=N–C) groups is 1. The van der Waals surface area contributed by atoms with Gasteiger partial charge >= 0.3 is 5.97 Å². The number of carbonyl (C=O) groups excluding carboxylic acids is 3. The molecule has 1 saturated heterocycles. The van der Waals surface area contributed by atoms with E-state index in [2.05, 4.69) is 4.99 Å². The number of esters is 1. The number of benzene rings is 2. The minimum Gasteiger partial charge on any atom is -0.427 e. The minimum absolute atomic E-state index is 0.0675. The number of cyclic esters (lactones) is 1. The summed E-state index contributed by atoms with van der Waals surface area (Å²) in [4.78, 5) is 42.9. The number of para-hydroxylation sites is 1. The molecule has 0 unspecified atom stereocenters. The molecule has 142 valence electrons. The maximum absolute atomic E-state index is 14.6. The van der Waals surface area contributed by atoms with Crippen molar-refractivity contribution in [3.05, 3.63) is 65.7 Å². The normalized spacial score (nSPS) is 24.5. The monoisotopic (exact) mass is 384 g/mol. The molecule has 2 amide bonds. The van der Waals surface area contributed by atoms with Crippen molar-refractivity contribution in [3.8, 4) is 0 Å². The molecular weight excluding hydrogens is 370 g/mol. The minimum atomic E-state index is -2.06. The lowest BCUT2D eigenvalue weighted by Gasteiger charge is -2.30. The Balaban J connectivity index is 1.84. The number of hydrogen-bond acceptors (Lipinski definition) is 5. The summed E-state index contributed by atoms with van der Waals surface area (Å²) in [5.74, 6) is -5.17. The Bertz CT molecular complexity index is 1040. The zero-order chi connectivity index (χ0) is 20.1. The van der Waals surface area contributed by atoms with E-state index in [0.29, 0.717) is 11.8 Å². The van der Waals surface area contributed by atoms with Crippen LogP contribution in [0.2, 0.25) is 0 Å². The van der Waals surface area contributed by atoms with Gasteiger partial charge in [-0.25, -0.2) is 18.6 Å². The highest BCUT2D eigenvalue weighted by Gasteiger charge is 2.59. The molecule has 4 rings (SSSR count). The number of carbonyl (C=O) groups is 3. The molecule has 0 aliphatic carbocycles. The molecule has 28 heavy (non-hydrogen) atoms. The maximum atomic E-state index is 14.6. The number of hydrogen-bond donors (Lipinski definition) is 0. The summed E-state index contributed by atoms with van der Waals surface area (Å²) < 4.78 is 33.3. The summed E-state index contributed by atoms with van der Waals surface area (Å²) in [6.07, 6.45) is -0.339. The molecule has 0 radical (unpaired) electrons. The van der Waals surface area contributed by atoms with Crippen LogP contribution in [0.5, 0.6) is 0 Å². The van der Waals surface area contributed by atoms with Crippen molar-refractivity contribution < 1.29 is 27.9 Å². The highest BCUT2D eigenvalue weighted by molar-refractivity contribution is 6.37. The van der Waals surface area contributed by atoms with Crippen LogP contribution in [0.1, 0.15) is 18.9 Å². The highest BCUT2D eigenvalue weighted by atomic mass is 19.1. The van der Waals surface area contributed by atoms with E-state index >= 15 is 0 Å². The molecule has 2 heterocycles. The second-order valence-electron chi connectivity index (χ2n) is 6.57. The van der Waals surface area contributed by atoms with E-state index < -0.39 is 41.1 Å². The van der Waals surface area contributed by atoms with Gasteiger partial charge < -0.3 is 4.74 Å². The molecule has 2 atom stereocenters. The maximum Gasteiger partial charge on any atom is 0.354 e. The Morgan fingerprint density at radius 1 is 1.11 bits per heavy atom. The number of imide groups is 1. The third-order valence-corrected chi connectivity index (χ3v) is 4.83. The van der Waals surface area contributed by atoms with Gasteiger partial charge in [-0.05, 0) is 31.2 Å². The summed E-state index contributed by atoms with van der Waals surface area (Å²) in [6, 6.07) is 10.9. The van der Waals surface area contributed by atoms with Gasteiger partial charge in [0.2, 0.25) is 17.5 Å². The molecule has 6 nitrogen and oxygen atoms in total. The molecule has 0 aromatic heterocycles. The van der Waals surface area contributed by atoms with E-state index in [0.717, 1.165) is 17.0 Å². The average Bonchev–Trinajstić information content (AvgIpc) is 3.12. The highest BCUT2D eigenvalue weighted by Crippen LogP contribution is 2.46. The molecular formula is C20H14F2N2O4. The van der Waals surface area contributed by atoms with Crippen LogP contribution in [0.3, 0.4) is 0 Å². The number of anilines is 1. The third-order valence-electron chi connectivity index (χ3n) is 4.83. The second-order valence-corrected chi connectivity index (χ2v) is 6.57. The summed E-state index contributed by atoms with van der Waals surface area (Å²) >= 11 is 0. The smallest absolute Gasteiger partial charge is 0.354 e. The fourth-order valence-electron chi connectivity index (χ4n) is 3.55. The standard InChI is InChI=1S/C20H14F2N2O4/c1-11-19(27)28-20(23-11,14-8-7-12(21)9-16(14)22)15-10-17(25)24(18(15)26)13-5-3-2-4-6-13/h2-9,15H,10H2,1H3/t15-,20-/m0/s1. The molecule has 2 aliphatic heterocycles. The SMILES string of the molecule is CC1=N[C@](c2ccc(F)cc2F)([C@H]2CC(=O)N(c3ccccc3)C2=O)OC1=O. The number of halogens is 2. The predicted octanol–water partition coefficient (Wildman–Crippen LogP) is 2.71. The lowest BCUT2D eigenvalue weighted by molar-refractivity contribution is -0.156. The Labute approximate surface area is 158 Å². The Kier molecular flexibility index (Phi) is 4.06. The van der Waals surface area contributed by atoms with Gasteiger partial charge in [0.25, 0.3) is 0 Å². The Morgan fingerprint density at radius 3 is 2.43 bits per heavy atom. The summed E-state index contributed by atoms with van der Waals surface area (Å²) in [6.45, 7) is 1.36. The summed E-state index contributed by atoms with van der Waals surface area (Å²) in [7, 11) is 0. The molecule has 0 spiro atoms. The average molecular weight is 384 g/mol. The summed E-state index contributed by atoms with van der Waals surface area (Å²) in [5.41, 5.74) is -2.06. The lowest BCUT2D eigenvalue weighted by atomic mass is 9.87. The van der Waals surface area contributed by atoms with Crippen LogP contribution >= 0.6 is 0 Å². The van der Waals surface area contributed by atoms with Crippen LogP contribution in [0.15, 0.2) is 53.5 Å². The zero-order valence-corrected chi connectivity index (χ0v) is 14.7. The van der Waals surface area contributed by atoms with E-state index in [1.165, 1.54) is 6.92 Å². The number of amides is 2. The molecule has 0 saturated carbocycles.